The average molecular weight is 350 g/mol. The third-order valence-corrected chi connectivity index (χ3v) is 3.96. The number of hydrogen-bond acceptors (Lipinski definition) is 3. The van der Waals surface area contributed by atoms with E-state index in [-0.39, 0.29) is 12.5 Å². The number of benzene rings is 2. The van der Waals surface area contributed by atoms with Gasteiger partial charge in [0.2, 0.25) is 0 Å². The summed E-state index contributed by atoms with van der Waals surface area (Å²) in [6.07, 6.45) is 1.77. The van der Waals surface area contributed by atoms with Gasteiger partial charge in [0.15, 0.2) is 11.5 Å². The summed E-state index contributed by atoms with van der Waals surface area (Å²) in [6, 6.07) is 10.4. The summed E-state index contributed by atoms with van der Waals surface area (Å²) in [7, 11) is 1.58. The molecular formula is C17H13Cl2NO3. The highest BCUT2D eigenvalue weighted by atomic mass is 35.5. The molecule has 1 aliphatic heterocycles. The van der Waals surface area contributed by atoms with Crippen LogP contribution in [0.3, 0.4) is 0 Å². The van der Waals surface area contributed by atoms with Crippen LogP contribution in [0.1, 0.15) is 5.56 Å². The number of carbonyl (C=O) groups excluding carboxylic acids is 1. The standard InChI is InChI=1S/C17H13Cl2NO3/c1-22-15-4-2-3-10-7-11(9-23-16(10)15)17(21)20-14-8-12(18)5-6-13(14)19/h2-8H,9H2,1H3,(H,20,21). The normalized spacial score (nSPS) is 12.7. The fourth-order valence-corrected chi connectivity index (χ4v) is 2.60. The molecule has 1 heterocycles. The van der Waals surface area contributed by atoms with Crippen molar-refractivity contribution in [3.63, 3.8) is 0 Å². The summed E-state index contributed by atoms with van der Waals surface area (Å²) < 4.78 is 10.9. The van der Waals surface area contributed by atoms with Gasteiger partial charge in [0.25, 0.3) is 5.91 Å². The molecule has 0 radical (unpaired) electrons. The number of fused-ring (bicyclic) bond motifs is 1. The first-order valence-corrected chi connectivity index (χ1v) is 7.61. The summed E-state index contributed by atoms with van der Waals surface area (Å²) in [5, 5.41) is 3.66. The number of ether oxygens (including phenoxy) is 2. The molecular weight excluding hydrogens is 337 g/mol. The van der Waals surface area contributed by atoms with Crippen molar-refractivity contribution < 1.29 is 14.3 Å². The number of rotatable bonds is 3. The van der Waals surface area contributed by atoms with Gasteiger partial charge < -0.3 is 14.8 Å². The Kier molecular flexibility index (Phi) is 4.46. The lowest BCUT2D eigenvalue weighted by atomic mass is 10.1. The first-order chi connectivity index (χ1) is 11.1. The Labute approximate surface area is 143 Å². The van der Waals surface area contributed by atoms with Crippen molar-refractivity contribution in [2.75, 3.05) is 19.0 Å². The Balaban J connectivity index is 1.86. The number of halogens is 2. The Morgan fingerprint density at radius 2 is 2.09 bits per heavy atom. The molecule has 0 aliphatic carbocycles. The molecule has 0 bridgehead atoms. The Morgan fingerprint density at radius 3 is 2.87 bits per heavy atom. The second-order valence-corrected chi connectivity index (χ2v) is 5.76. The Morgan fingerprint density at radius 1 is 1.26 bits per heavy atom. The summed E-state index contributed by atoms with van der Waals surface area (Å²) in [4.78, 5) is 12.4. The minimum absolute atomic E-state index is 0.150. The molecule has 0 spiro atoms. The highest BCUT2D eigenvalue weighted by Crippen LogP contribution is 2.35. The van der Waals surface area contributed by atoms with E-state index in [1.165, 1.54) is 0 Å². The van der Waals surface area contributed by atoms with Crippen molar-refractivity contribution >= 4 is 40.9 Å². The van der Waals surface area contributed by atoms with Crippen LogP contribution < -0.4 is 14.8 Å². The van der Waals surface area contributed by atoms with E-state index in [2.05, 4.69) is 5.32 Å². The van der Waals surface area contributed by atoms with Crippen LogP contribution in [-0.4, -0.2) is 19.6 Å². The van der Waals surface area contributed by atoms with Gasteiger partial charge >= 0.3 is 0 Å². The van der Waals surface area contributed by atoms with Crippen molar-refractivity contribution in [2.45, 2.75) is 0 Å². The molecule has 0 saturated heterocycles. The van der Waals surface area contributed by atoms with E-state index in [1.54, 1.807) is 31.4 Å². The second-order valence-electron chi connectivity index (χ2n) is 4.92. The lowest BCUT2D eigenvalue weighted by Crippen LogP contribution is -2.21. The molecule has 0 atom stereocenters. The van der Waals surface area contributed by atoms with Gasteiger partial charge in [0.1, 0.15) is 6.61 Å². The maximum Gasteiger partial charge on any atom is 0.255 e. The number of anilines is 1. The molecule has 0 saturated carbocycles. The lowest BCUT2D eigenvalue weighted by molar-refractivity contribution is -0.113. The van der Waals surface area contributed by atoms with E-state index in [1.807, 2.05) is 18.2 Å². The molecule has 1 amide bonds. The van der Waals surface area contributed by atoms with E-state index in [0.29, 0.717) is 32.8 Å². The molecule has 23 heavy (non-hydrogen) atoms. The van der Waals surface area contributed by atoms with Crippen LogP contribution >= 0.6 is 23.2 Å². The fourth-order valence-electron chi connectivity index (χ4n) is 2.27. The number of nitrogens with one attached hydrogen (secondary N) is 1. The van der Waals surface area contributed by atoms with Gasteiger partial charge in [0.05, 0.1) is 23.4 Å². The number of para-hydroxylation sites is 1. The highest BCUT2D eigenvalue weighted by molar-refractivity contribution is 6.36. The van der Waals surface area contributed by atoms with E-state index in [4.69, 9.17) is 32.7 Å². The Bertz CT molecular complexity index is 802. The first-order valence-electron chi connectivity index (χ1n) is 6.85. The van der Waals surface area contributed by atoms with Gasteiger partial charge in [-0.15, -0.1) is 0 Å². The van der Waals surface area contributed by atoms with Crippen LogP contribution in [0.4, 0.5) is 5.69 Å². The molecule has 2 aromatic carbocycles. The summed E-state index contributed by atoms with van der Waals surface area (Å²) in [6.45, 7) is 0.150. The van der Waals surface area contributed by atoms with E-state index < -0.39 is 0 Å². The van der Waals surface area contributed by atoms with E-state index >= 15 is 0 Å². The third-order valence-electron chi connectivity index (χ3n) is 3.40. The predicted molar refractivity (Wildman–Crippen MR) is 91.6 cm³/mol. The molecule has 1 aliphatic rings. The number of methoxy groups -OCH3 is 1. The summed E-state index contributed by atoms with van der Waals surface area (Å²) in [5.74, 6) is 0.978. The van der Waals surface area contributed by atoms with Crippen LogP contribution in [0.25, 0.3) is 6.08 Å². The van der Waals surface area contributed by atoms with Crippen LogP contribution in [0.2, 0.25) is 10.0 Å². The summed E-state index contributed by atoms with van der Waals surface area (Å²) >= 11 is 12.0. The van der Waals surface area contributed by atoms with Gasteiger partial charge in [-0.05, 0) is 30.3 Å². The number of hydrogen-bond donors (Lipinski definition) is 1. The van der Waals surface area contributed by atoms with Crippen LogP contribution in [0.5, 0.6) is 11.5 Å². The summed E-state index contributed by atoms with van der Waals surface area (Å²) in [5.41, 5.74) is 1.74. The molecule has 0 aromatic heterocycles. The van der Waals surface area contributed by atoms with Gasteiger partial charge in [0, 0.05) is 10.6 Å². The molecule has 6 heteroatoms. The zero-order valence-electron chi connectivity index (χ0n) is 12.2. The molecule has 0 fully saturated rings. The number of carbonyl (C=O) groups is 1. The molecule has 1 N–H and O–H groups in total. The monoisotopic (exact) mass is 349 g/mol. The van der Waals surface area contributed by atoms with Gasteiger partial charge in [-0.25, -0.2) is 0 Å². The van der Waals surface area contributed by atoms with Gasteiger partial charge in [-0.1, -0.05) is 35.3 Å². The smallest absolute Gasteiger partial charge is 0.255 e. The molecule has 4 nitrogen and oxygen atoms in total. The highest BCUT2D eigenvalue weighted by Gasteiger charge is 2.20. The first kappa shape index (κ1) is 15.7. The average Bonchev–Trinajstić information content (AvgIpc) is 2.57. The SMILES string of the molecule is COc1cccc2c1OCC(C(=O)Nc1cc(Cl)ccc1Cl)=C2. The van der Waals surface area contributed by atoms with E-state index in [0.717, 1.165) is 5.56 Å². The molecule has 118 valence electrons. The lowest BCUT2D eigenvalue weighted by Gasteiger charge is -2.19. The molecule has 2 aromatic rings. The van der Waals surface area contributed by atoms with Crippen LogP contribution in [0.15, 0.2) is 42.0 Å². The predicted octanol–water partition coefficient (Wildman–Crippen LogP) is 4.42. The zero-order chi connectivity index (χ0) is 16.4. The fraction of sp³-hybridized carbons (Fsp3) is 0.118. The van der Waals surface area contributed by atoms with Crippen molar-refractivity contribution in [3.05, 3.63) is 57.6 Å². The second kappa shape index (κ2) is 6.52. The molecule has 3 rings (SSSR count). The van der Waals surface area contributed by atoms with Crippen molar-refractivity contribution in [1.29, 1.82) is 0 Å². The third kappa shape index (κ3) is 3.28. The van der Waals surface area contributed by atoms with Crippen LogP contribution in [-0.2, 0) is 4.79 Å². The van der Waals surface area contributed by atoms with Crippen LogP contribution in [0, 0.1) is 0 Å². The van der Waals surface area contributed by atoms with Crippen molar-refractivity contribution in [3.8, 4) is 11.5 Å². The van der Waals surface area contributed by atoms with E-state index in [9.17, 15) is 4.79 Å². The minimum atomic E-state index is -0.289. The zero-order valence-corrected chi connectivity index (χ0v) is 13.7. The number of amides is 1. The largest absolute Gasteiger partial charge is 0.493 e. The maximum absolute atomic E-state index is 12.4. The van der Waals surface area contributed by atoms with Crippen molar-refractivity contribution in [2.24, 2.45) is 0 Å². The Hall–Kier alpha value is -2.17. The topological polar surface area (TPSA) is 47.6 Å². The van der Waals surface area contributed by atoms with Gasteiger partial charge in [-0.3, -0.25) is 4.79 Å². The molecule has 0 unspecified atom stereocenters. The van der Waals surface area contributed by atoms with Gasteiger partial charge in [-0.2, -0.15) is 0 Å². The quantitative estimate of drug-likeness (QED) is 0.892. The van der Waals surface area contributed by atoms with Crippen molar-refractivity contribution in [1.82, 2.24) is 0 Å². The maximum atomic E-state index is 12.4. The minimum Gasteiger partial charge on any atom is -0.493 e.